The third-order valence-corrected chi connectivity index (χ3v) is 3.53. The summed E-state index contributed by atoms with van der Waals surface area (Å²) in [5.41, 5.74) is 0.250. The van der Waals surface area contributed by atoms with Crippen molar-refractivity contribution < 1.29 is 28.6 Å². The molecule has 122 valence electrons. The zero-order valence-electron chi connectivity index (χ0n) is 12.5. The van der Waals surface area contributed by atoms with E-state index in [4.69, 9.17) is 14.2 Å². The number of urea groups is 1. The number of nitrogens with zero attached hydrogens (tertiary/aromatic N) is 1. The first-order valence-corrected chi connectivity index (χ1v) is 7.26. The second-order valence-corrected chi connectivity index (χ2v) is 5.13. The summed E-state index contributed by atoms with van der Waals surface area (Å²) in [5, 5.41) is 2.52. The third-order valence-electron chi connectivity index (χ3n) is 3.53. The number of rotatable bonds is 3. The number of benzene rings is 1. The molecule has 0 radical (unpaired) electrons. The van der Waals surface area contributed by atoms with E-state index in [0.29, 0.717) is 31.3 Å². The second-order valence-electron chi connectivity index (χ2n) is 5.13. The number of ether oxygens (including phenoxy) is 3. The van der Waals surface area contributed by atoms with Gasteiger partial charge < -0.3 is 19.5 Å². The Balaban J connectivity index is 1.66. The van der Waals surface area contributed by atoms with E-state index < -0.39 is 24.0 Å². The largest absolute Gasteiger partial charge is 0.486 e. The summed E-state index contributed by atoms with van der Waals surface area (Å²) in [4.78, 5) is 36.7. The van der Waals surface area contributed by atoms with Crippen LogP contribution in [0.2, 0.25) is 0 Å². The number of esters is 1. The predicted octanol–water partition coefficient (Wildman–Crippen LogP) is 0.555. The molecule has 1 atom stereocenters. The van der Waals surface area contributed by atoms with E-state index >= 15 is 0 Å². The van der Waals surface area contributed by atoms with Gasteiger partial charge in [-0.3, -0.25) is 9.69 Å². The molecule has 1 saturated heterocycles. The van der Waals surface area contributed by atoms with Gasteiger partial charge in [-0.1, -0.05) is 0 Å². The molecule has 2 aliphatic heterocycles. The molecule has 3 rings (SSSR count). The summed E-state index contributed by atoms with van der Waals surface area (Å²) in [6.45, 7) is 2.96. The quantitative estimate of drug-likeness (QED) is 0.818. The first kappa shape index (κ1) is 15.1. The van der Waals surface area contributed by atoms with Crippen LogP contribution in [0.4, 0.5) is 4.79 Å². The Bertz CT molecular complexity index is 659. The lowest BCUT2D eigenvalue weighted by molar-refractivity contribution is -0.136. The van der Waals surface area contributed by atoms with Crippen LogP contribution < -0.4 is 14.8 Å². The van der Waals surface area contributed by atoms with Crippen LogP contribution in [0.3, 0.4) is 0 Å². The van der Waals surface area contributed by atoms with E-state index in [1.165, 1.54) is 19.1 Å². The predicted molar refractivity (Wildman–Crippen MR) is 77.4 cm³/mol. The highest BCUT2D eigenvalue weighted by molar-refractivity contribution is 5.99. The van der Waals surface area contributed by atoms with E-state index in [2.05, 4.69) is 5.32 Å². The van der Waals surface area contributed by atoms with Gasteiger partial charge in [-0.15, -0.1) is 0 Å². The van der Waals surface area contributed by atoms with Gasteiger partial charge >= 0.3 is 12.0 Å². The van der Waals surface area contributed by atoms with Gasteiger partial charge in [-0.05, 0) is 25.1 Å². The van der Waals surface area contributed by atoms with Crippen molar-refractivity contribution in [3.63, 3.8) is 0 Å². The van der Waals surface area contributed by atoms with Crippen molar-refractivity contribution in [2.24, 2.45) is 0 Å². The number of hydrogen-bond acceptors (Lipinski definition) is 6. The summed E-state index contributed by atoms with van der Waals surface area (Å²) in [6.07, 6.45) is -1.06. The van der Waals surface area contributed by atoms with Crippen LogP contribution in [0.5, 0.6) is 11.5 Å². The molecule has 23 heavy (non-hydrogen) atoms. The highest BCUT2D eigenvalue weighted by Gasteiger charge is 2.32. The molecule has 1 N–H and O–H groups in total. The lowest BCUT2D eigenvalue weighted by Gasteiger charge is -2.20. The first-order chi connectivity index (χ1) is 11.1. The number of nitrogens with one attached hydrogen (secondary N) is 1. The Labute approximate surface area is 132 Å². The second kappa shape index (κ2) is 6.15. The highest BCUT2D eigenvalue weighted by Crippen LogP contribution is 2.31. The summed E-state index contributed by atoms with van der Waals surface area (Å²) in [5.74, 6) is -0.192. The van der Waals surface area contributed by atoms with Gasteiger partial charge in [-0.2, -0.15) is 0 Å². The number of carbonyl (C=O) groups is 3. The summed E-state index contributed by atoms with van der Waals surface area (Å²) >= 11 is 0. The van der Waals surface area contributed by atoms with E-state index in [1.807, 2.05) is 0 Å². The van der Waals surface area contributed by atoms with Crippen LogP contribution in [0.1, 0.15) is 17.3 Å². The maximum absolute atomic E-state index is 12.2. The minimum atomic E-state index is -1.06. The molecule has 1 fully saturated rings. The molecule has 2 heterocycles. The maximum Gasteiger partial charge on any atom is 0.339 e. The molecule has 3 amide bonds. The summed E-state index contributed by atoms with van der Waals surface area (Å²) in [6, 6.07) is 4.19. The van der Waals surface area contributed by atoms with Crippen LogP contribution in [-0.4, -0.2) is 55.2 Å². The lowest BCUT2D eigenvalue weighted by Crippen LogP contribution is -2.41. The number of carbonyl (C=O) groups excluding carboxylic acids is 3. The van der Waals surface area contributed by atoms with Crippen molar-refractivity contribution in [1.82, 2.24) is 10.2 Å². The molecule has 0 aliphatic carbocycles. The van der Waals surface area contributed by atoms with Gasteiger partial charge in [-0.25, -0.2) is 9.59 Å². The van der Waals surface area contributed by atoms with Crippen molar-refractivity contribution in [1.29, 1.82) is 0 Å². The van der Waals surface area contributed by atoms with Crippen molar-refractivity contribution in [3.8, 4) is 11.5 Å². The van der Waals surface area contributed by atoms with E-state index in [1.54, 1.807) is 6.07 Å². The summed E-state index contributed by atoms with van der Waals surface area (Å²) in [7, 11) is 0. The van der Waals surface area contributed by atoms with E-state index in [9.17, 15) is 14.4 Å². The molecule has 8 heteroatoms. The van der Waals surface area contributed by atoms with Crippen LogP contribution in [0.25, 0.3) is 0 Å². The lowest BCUT2D eigenvalue weighted by atomic mass is 10.2. The van der Waals surface area contributed by atoms with Crippen molar-refractivity contribution in [2.75, 3.05) is 26.3 Å². The van der Waals surface area contributed by atoms with Gasteiger partial charge in [0.25, 0.3) is 5.91 Å². The van der Waals surface area contributed by atoms with Crippen LogP contribution in [0.15, 0.2) is 18.2 Å². The molecule has 0 unspecified atom stereocenters. The SMILES string of the molecule is C[C@H](OC(=O)c1ccc2c(c1)OCCO2)C(=O)N1CCNC1=O. The molecule has 2 aliphatic rings. The number of imide groups is 1. The van der Waals surface area contributed by atoms with Crippen LogP contribution >= 0.6 is 0 Å². The normalized spacial score (nSPS) is 17.4. The average molecular weight is 320 g/mol. The highest BCUT2D eigenvalue weighted by atomic mass is 16.6. The summed E-state index contributed by atoms with van der Waals surface area (Å²) < 4.78 is 15.9. The Hall–Kier alpha value is -2.77. The molecule has 0 spiro atoms. The van der Waals surface area contributed by atoms with Crippen molar-refractivity contribution >= 4 is 17.9 Å². The minimum Gasteiger partial charge on any atom is -0.486 e. The van der Waals surface area contributed by atoms with Gasteiger partial charge in [0.05, 0.1) is 5.56 Å². The molecular formula is C15H16N2O6. The van der Waals surface area contributed by atoms with Gasteiger partial charge in [0.15, 0.2) is 17.6 Å². The average Bonchev–Trinajstić information content (AvgIpc) is 2.99. The number of hydrogen-bond donors (Lipinski definition) is 1. The topological polar surface area (TPSA) is 94.2 Å². The van der Waals surface area contributed by atoms with Gasteiger partial charge in [0, 0.05) is 13.1 Å². The molecule has 0 bridgehead atoms. The van der Waals surface area contributed by atoms with Gasteiger partial charge in [0.1, 0.15) is 13.2 Å². The fraction of sp³-hybridized carbons (Fsp3) is 0.400. The van der Waals surface area contributed by atoms with Crippen molar-refractivity contribution in [3.05, 3.63) is 23.8 Å². The molecule has 1 aromatic rings. The molecular weight excluding hydrogens is 304 g/mol. The Morgan fingerprint density at radius 1 is 1.26 bits per heavy atom. The molecule has 1 aromatic carbocycles. The van der Waals surface area contributed by atoms with Crippen LogP contribution in [0, 0.1) is 0 Å². The number of fused-ring (bicyclic) bond motifs is 1. The maximum atomic E-state index is 12.2. The Morgan fingerprint density at radius 3 is 2.70 bits per heavy atom. The van der Waals surface area contributed by atoms with Gasteiger partial charge in [0.2, 0.25) is 0 Å². The molecule has 8 nitrogen and oxygen atoms in total. The van der Waals surface area contributed by atoms with E-state index in [0.717, 1.165) is 4.90 Å². The third kappa shape index (κ3) is 3.05. The fourth-order valence-corrected chi connectivity index (χ4v) is 2.35. The standard InChI is InChI=1S/C15H16N2O6/c1-9(13(18)17-5-4-16-15(17)20)23-14(19)10-2-3-11-12(8-10)22-7-6-21-11/h2-3,8-9H,4-7H2,1H3,(H,16,20)/t9-/m0/s1. The zero-order valence-corrected chi connectivity index (χ0v) is 12.5. The smallest absolute Gasteiger partial charge is 0.339 e. The zero-order chi connectivity index (χ0) is 16.4. The fourth-order valence-electron chi connectivity index (χ4n) is 2.35. The Kier molecular flexibility index (Phi) is 4.05. The minimum absolute atomic E-state index is 0.250. The molecule has 0 saturated carbocycles. The van der Waals surface area contributed by atoms with E-state index in [-0.39, 0.29) is 12.1 Å². The molecule has 0 aromatic heterocycles. The first-order valence-electron chi connectivity index (χ1n) is 7.26. The van der Waals surface area contributed by atoms with Crippen LogP contribution in [-0.2, 0) is 9.53 Å². The Morgan fingerprint density at radius 2 is 2.00 bits per heavy atom. The number of amides is 3. The monoisotopic (exact) mass is 320 g/mol. The van der Waals surface area contributed by atoms with Crippen molar-refractivity contribution in [2.45, 2.75) is 13.0 Å².